The number of carboxylic acid groups (broad SMARTS) is 2. The molecule has 0 aliphatic carbocycles. The zero-order valence-corrected chi connectivity index (χ0v) is 24.5. The molecule has 2 aliphatic heterocycles. The van der Waals surface area contributed by atoms with Crippen LogP contribution in [-0.2, 0) is 0 Å². The Hall–Kier alpha value is -2.77. The van der Waals surface area contributed by atoms with Crippen LogP contribution in [0.3, 0.4) is 0 Å². The Morgan fingerprint density at radius 2 is 1.18 bits per heavy atom. The Balaban J connectivity index is 2.00. The summed E-state index contributed by atoms with van der Waals surface area (Å²) in [4.78, 5) is 24.3. The average Bonchev–Trinajstić information content (AvgIpc) is 2.73. The van der Waals surface area contributed by atoms with E-state index in [2.05, 4.69) is 66.0 Å². The van der Waals surface area contributed by atoms with Crippen LogP contribution >= 0.6 is 0 Å². The fraction of sp³-hybridized carbons (Fsp3) is 0.562. The molecule has 4 N–H and O–H groups in total. The first-order valence-electron chi connectivity index (χ1n) is 13.8. The molecule has 4 rings (SSSR count). The molecule has 0 atom stereocenters. The third kappa shape index (κ3) is 6.20. The molecule has 2 aromatic carbocycles. The van der Waals surface area contributed by atoms with Gasteiger partial charge in [0.05, 0.1) is 11.1 Å². The summed E-state index contributed by atoms with van der Waals surface area (Å²) in [7, 11) is 0. The summed E-state index contributed by atoms with van der Waals surface area (Å²) in [6.07, 6.45) is 2.61. The molecule has 0 aromatic heterocycles. The van der Waals surface area contributed by atoms with Gasteiger partial charge in [-0.1, -0.05) is 12.1 Å². The van der Waals surface area contributed by atoms with Crippen LogP contribution < -0.4 is 10.6 Å². The molecule has 0 radical (unpaired) electrons. The second-order valence-corrected chi connectivity index (χ2v) is 14.3. The summed E-state index contributed by atoms with van der Waals surface area (Å²) in [5.74, 6) is -3.33. The number of hydrogen-bond donors (Lipinski definition) is 4. The van der Waals surface area contributed by atoms with Gasteiger partial charge in [0.2, 0.25) is 0 Å². The molecule has 7 heteroatoms. The van der Waals surface area contributed by atoms with Gasteiger partial charge in [0, 0.05) is 22.2 Å². The number of rotatable bonds is 5. The normalized spacial score (nSPS) is 22.4. The van der Waals surface area contributed by atoms with Crippen LogP contribution in [0.25, 0.3) is 11.1 Å². The molecule has 2 aromatic rings. The van der Waals surface area contributed by atoms with Crippen LogP contribution in [0.1, 0.15) is 125 Å². The summed E-state index contributed by atoms with van der Waals surface area (Å²) >= 11 is 0. The third-order valence-corrected chi connectivity index (χ3v) is 8.22. The van der Waals surface area contributed by atoms with Crippen molar-refractivity contribution >= 4 is 11.9 Å². The predicted octanol–water partition coefficient (Wildman–Crippen LogP) is 6.94. The van der Waals surface area contributed by atoms with Crippen LogP contribution in [0.4, 0.5) is 4.39 Å². The SMILES string of the molecule is CC1(C)CC(c2cc(-c3ccc(C(=O)O)cc3)c(C3CC(C)(C)NC(C)(C)C3)c(F)c2C(=O)O)CC(C)(C)N1. The molecular weight excluding hydrogens is 495 g/mol. The van der Waals surface area contributed by atoms with Gasteiger partial charge in [-0.15, -0.1) is 0 Å². The molecule has 0 unspecified atom stereocenters. The minimum atomic E-state index is -1.25. The van der Waals surface area contributed by atoms with Gasteiger partial charge in [-0.2, -0.15) is 0 Å². The highest BCUT2D eigenvalue weighted by Crippen LogP contribution is 2.48. The van der Waals surface area contributed by atoms with Crippen molar-refractivity contribution in [3.8, 4) is 11.1 Å². The number of nitrogens with one attached hydrogen (secondary N) is 2. The fourth-order valence-corrected chi connectivity index (χ4v) is 7.72. The Kier molecular flexibility index (Phi) is 7.27. The van der Waals surface area contributed by atoms with E-state index in [1.54, 1.807) is 12.1 Å². The van der Waals surface area contributed by atoms with E-state index in [1.807, 2.05) is 6.07 Å². The Labute approximate surface area is 231 Å². The molecule has 0 saturated carbocycles. The van der Waals surface area contributed by atoms with Crippen molar-refractivity contribution in [2.45, 2.75) is 115 Å². The molecule has 212 valence electrons. The minimum absolute atomic E-state index is 0.147. The third-order valence-electron chi connectivity index (χ3n) is 8.22. The molecule has 0 amide bonds. The molecular formula is C32H43FN2O4. The lowest BCUT2D eigenvalue weighted by molar-refractivity contribution is 0.0679. The largest absolute Gasteiger partial charge is 0.478 e. The molecule has 2 fully saturated rings. The smallest absolute Gasteiger partial charge is 0.338 e. The monoisotopic (exact) mass is 538 g/mol. The summed E-state index contributed by atoms with van der Waals surface area (Å²) in [6.45, 7) is 16.7. The zero-order chi connectivity index (χ0) is 29.1. The van der Waals surface area contributed by atoms with Gasteiger partial charge in [-0.25, -0.2) is 14.0 Å². The van der Waals surface area contributed by atoms with E-state index >= 15 is 4.39 Å². The van der Waals surface area contributed by atoms with Crippen molar-refractivity contribution in [3.63, 3.8) is 0 Å². The number of piperidine rings is 2. The highest BCUT2D eigenvalue weighted by Gasteiger charge is 2.43. The summed E-state index contributed by atoms with van der Waals surface area (Å²) in [6, 6.07) is 8.36. The number of hydrogen-bond acceptors (Lipinski definition) is 4. The van der Waals surface area contributed by atoms with E-state index in [0.717, 1.165) is 0 Å². The molecule has 2 saturated heterocycles. The van der Waals surface area contributed by atoms with Crippen molar-refractivity contribution in [2.24, 2.45) is 0 Å². The van der Waals surface area contributed by atoms with Gasteiger partial charge in [-0.3, -0.25) is 0 Å². The first-order chi connectivity index (χ1) is 17.8. The highest BCUT2D eigenvalue weighted by molar-refractivity contribution is 5.92. The quantitative estimate of drug-likeness (QED) is 0.329. The van der Waals surface area contributed by atoms with Gasteiger partial charge >= 0.3 is 11.9 Å². The van der Waals surface area contributed by atoms with Crippen molar-refractivity contribution in [3.05, 3.63) is 58.4 Å². The van der Waals surface area contributed by atoms with Crippen LogP contribution in [0, 0.1) is 5.82 Å². The second kappa shape index (κ2) is 9.70. The summed E-state index contributed by atoms with van der Waals surface area (Å²) in [5, 5.41) is 27.1. The molecule has 0 bridgehead atoms. The van der Waals surface area contributed by atoms with Gasteiger partial charge < -0.3 is 20.8 Å². The first-order valence-corrected chi connectivity index (χ1v) is 13.8. The lowest BCUT2D eigenvalue weighted by Crippen LogP contribution is -2.57. The highest BCUT2D eigenvalue weighted by atomic mass is 19.1. The number of benzene rings is 2. The van der Waals surface area contributed by atoms with E-state index in [9.17, 15) is 19.8 Å². The molecule has 2 heterocycles. The van der Waals surface area contributed by atoms with Crippen molar-refractivity contribution in [2.75, 3.05) is 0 Å². The Bertz CT molecular complexity index is 1260. The Morgan fingerprint density at radius 1 is 0.744 bits per heavy atom. The lowest BCUT2D eigenvalue weighted by atomic mass is 9.68. The Morgan fingerprint density at radius 3 is 1.59 bits per heavy atom. The fourth-order valence-electron chi connectivity index (χ4n) is 7.72. The van der Waals surface area contributed by atoms with Crippen LogP contribution in [0.15, 0.2) is 30.3 Å². The molecule has 0 spiro atoms. The van der Waals surface area contributed by atoms with E-state index in [0.29, 0.717) is 47.9 Å². The maximum absolute atomic E-state index is 16.9. The first kappa shape index (κ1) is 29.2. The van der Waals surface area contributed by atoms with E-state index in [1.165, 1.54) is 12.1 Å². The lowest BCUT2D eigenvalue weighted by Gasteiger charge is -2.48. The van der Waals surface area contributed by atoms with Crippen molar-refractivity contribution in [1.82, 2.24) is 10.6 Å². The number of carboxylic acids is 2. The van der Waals surface area contributed by atoms with Crippen LogP contribution in [-0.4, -0.2) is 44.3 Å². The standard InChI is InChI=1S/C32H43FN2O4/c1-29(2)14-20(15-30(3,4)34-29)23-13-22(18-9-11-19(12-10-18)27(36)37)24(26(33)25(23)28(38)39)21-16-31(5,6)35-32(7,8)17-21/h9-13,20-21,34-35H,14-17H2,1-8H3,(H,36,37)(H,38,39). The van der Waals surface area contributed by atoms with Crippen molar-refractivity contribution < 1.29 is 24.2 Å². The number of aromatic carboxylic acids is 2. The van der Waals surface area contributed by atoms with E-state index in [-0.39, 0.29) is 45.1 Å². The van der Waals surface area contributed by atoms with Gasteiger partial charge in [0.15, 0.2) is 0 Å². The summed E-state index contributed by atoms with van der Waals surface area (Å²) in [5.41, 5.74) is 1.09. The maximum atomic E-state index is 16.9. The van der Waals surface area contributed by atoms with E-state index in [4.69, 9.17) is 0 Å². The van der Waals surface area contributed by atoms with Crippen molar-refractivity contribution in [1.29, 1.82) is 0 Å². The van der Waals surface area contributed by atoms with Gasteiger partial charge in [-0.05, 0) is 133 Å². The molecule has 39 heavy (non-hydrogen) atoms. The topological polar surface area (TPSA) is 98.7 Å². The number of carbonyl (C=O) groups is 2. The maximum Gasteiger partial charge on any atom is 0.338 e. The molecule has 6 nitrogen and oxygen atoms in total. The number of halogens is 1. The minimum Gasteiger partial charge on any atom is -0.478 e. The zero-order valence-electron chi connectivity index (χ0n) is 24.5. The van der Waals surface area contributed by atoms with Gasteiger partial charge in [0.1, 0.15) is 5.82 Å². The van der Waals surface area contributed by atoms with Crippen LogP contribution in [0.2, 0.25) is 0 Å². The second-order valence-electron chi connectivity index (χ2n) is 14.3. The van der Waals surface area contributed by atoms with Crippen LogP contribution in [0.5, 0.6) is 0 Å². The summed E-state index contributed by atoms with van der Waals surface area (Å²) < 4.78 is 16.9. The average molecular weight is 539 g/mol. The predicted molar refractivity (Wildman–Crippen MR) is 152 cm³/mol. The van der Waals surface area contributed by atoms with E-state index < -0.39 is 17.8 Å². The van der Waals surface area contributed by atoms with Gasteiger partial charge in [0.25, 0.3) is 0 Å². The molecule has 2 aliphatic rings.